The van der Waals surface area contributed by atoms with Crippen LogP contribution < -0.4 is 0 Å². The highest BCUT2D eigenvalue weighted by atomic mass is 16.3. The van der Waals surface area contributed by atoms with Gasteiger partial charge in [0.2, 0.25) is 0 Å². The third-order valence-electron chi connectivity index (χ3n) is 10.5. The van der Waals surface area contributed by atoms with Crippen LogP contribution in [0.2, 0.25) is 0 Å². The maximum Gasteiger partial charge on any atom is 0.135 e. The van der Waals surface area contributed by atoms with E-state index in [2.05, 4.69) is 179 Å². The Kier molecular flexibility index (Phi) is 5.96. The van der Waals surface area contributed by atoms with E-state index in [4.69, 9.17) is 4.42 Å². The molecule has 51 heavy (non-hydrogen) atoms. The van der Waals surface area contributed by atoms with Crippen molar-refractivity contribution in [2.45, 2.75) is 0 Å². The minimum absolute atomic E-state index is 0.903. The maximum absolute atomic E-state index is 6.20. The van der Waals surface area contributed by atoms with E-state index >= 15 is 0 Å². The molecule has 0 aliphatic rings. The molecule has 0 saturated heterocycles. The number of benzene rings is 8. The predicted molar refractivity (Wildman–Crippen MR) is 213 cm³/mol. The maximum atomic E-state index is 6.20. The van der Waals surface area contributed by atoms with E-state index in [1.54, 1.807) is 0 Å². The van der Waals surface area contributed by atoms with Gasteiger partial charge in [-0.05, 0) is 89.0 Å². The van der Waals surface area contributed by atoms with Crippen molar-refractivity contribution in [2.24, 2.45) is 0 Å². The molecule has 3 aromatic heterocycles. The number of nitrogens with zero attached hydrogens (tertiary/aromatic N) is 2. The lowest BCUT2D eigenvalue weighted by molar-refractivity contribution is 0.669. The van der Waals surface area contributed by atoms with E-state index in [0.29, 0.717) is 0 Å². The Morgan fingerprint density at radius 1 is 0.294 bits per heavy atom. The summed E-state index contributed by atoms with van der Waals surface area (Å²) in [6, 6.07) is 65.5. The first-order valence-corrected chi connectivity index (χ1v) is 17.4. The van der Waals surface area contributed by atoms with Gasteiger partial charge >= 0.3 is 0 Å². The average Bonchev–Trinajstić information content (AvgIpc) is 3.85. The second-order valence-corrected chi connectivity index (χ2v) is 13.3. The third kappa shape index (κ3) is 4.19. The molecule has 0 radical (unpaired) electrons. The summed E-state index contributed by atoms with van der Waals surface area (Å²) in [6.07, 6.45) is 0. The van der Waals surface area contributed by atoms with Crippen molar-refractivity contribution in [3.8, 4) is 33.6 Å². The van der Waals surface area contributed by atoms with Gasteiger partial charge < -0.3 is 13.6 Å². The van der Waals surface area contributed by atoms with Gasteiger partial charge in [0, 0.05) is 43.7 Å². The first kappa shape index (κ1) is 28.0. The second-order valence-electron chi connectivity index (χ2n) is 13.3. The molecular weight excluding hydrogens is 621 g/mol. The molecule has 0 bridgehead atoms. The number of hydrogen-bond donors (Lipinski definition) is 0. The number of para-hydroxylation sites is 3. The lowest BCUT2D eigenvalue weighted by Crippen LogP contribution is -1.95. The largest absolute Gasteiger partial charge is 0.456 e. The fourth-order valence-electron chi connectivity index (χ4n) is 8.26. The summed E-state index contributed by atoms with van der Waals surface area (Å²) in [5.74, 6) is 0. The summed E-state index contributed by atoms with van der Waals surface area (Å²) < 4.78 is 11.1. The van der Waals surface area contributed by atoms with Crippen molar-refractivity contribution in [1.29, 1.82) is 0 Å². The molecule has 0 N–H and O–H groups in total. The molecule has 0 aliphatic heterocycles. The van der Waals surface area contributed by atoms with Gasteiger partial charge in [0.15, 0.2) is 0 Å². The van der Waals surface area contributed by atoms with Gasteiger partial charge in [0.05, 0.1) is 22.1 Å². The molecule has 0 amide bonds. The van der Waals surface area contributed by atoms with Crippen molar-refractivity contribution >= 4 is 65.6 Å². The molecule has 3 heterocycles. The minimum atomic E-state index is 0.903. The van der Waals surface area contributed by atoms with Gasteiger partial charge in [-0.3, -0.25) is 0 Å². The Morgan fingerprint density at radius 2 is 0.804 bits per heavy atom. The molecule has 0 saturated carbocycles. The zero-order valence-electron chi connectivity index (χ0n) is 27.6. The first-order valence-electron chi connectivity index (χ1n) is 17.4. The van der Waals surface area contributed by atoms with Crippen LogP contribution in [0.25, 0.3) is 99.2 Å². The second kappa shape index (κ2) is 10.8. The van der Waals surface area contributed by atoms with Gasteiger partial charge in [-0.2, -0.15) is 0 Å². The van der Waals surface area contributed by atoms with Gasteiger partial charge in [-0.15, -0.1) is 0 Å². The molecule has 3 nitrogen and oxygen atoms in total. The van der Waals surface area contributed by atoms with Gasteiger partial charge in [-0.1, -0.05) is 115 Å². The monoisotopic (exact) mass is 650 g/mol. The summed E-state index contributed by atoms with van der Waals surface area (Å²) in [7, 11) is 0. The normalized spacial score (nSPS) is 11.9. The molecule has 0 fully saturated rings. The van der Waals surface area contributed by atoms with E-state index in [9.17, 15) is 0 Å². The number of aromatic nitrogens is 2. The van der Waals surface area contributed by atoms with E-state index in [-0.39, 0.29) is 0 Å². The molecule has 0 atom stereocenters. The van der Waals surface area contributed by atoms with Crippen molar-refractivity contribution in [1.82, 2.24) is 9.13 Å². The van der Waals surface area contributed by atoms with E-state index in [1.807, 2.05) is 12.1 Å². The smallest absolute Gasteiger partial charge is 0.135 e. The molecule has 0 aliphatic carbocycles. The van der Waals surface area contributed by atoms with Gasteiger partial charge in [0.1, 0.15) is 11.2 Å². The minimum Gasteiger partial charge on any atom is -0.456 e. The van der Waals surface area contributed by atoms with E-state index in [1.165, 1.54) is 65.9 Å². The zero-order valence-corrected chi connectivity index (χ0v) is 27.6. The van der Waals surface area contributed by atoms with Crippen LogP contribution >= 0.6 is 0 Å². The molecule has 11 rings (SSSR count). The van der Waals surface area contributed by atoms with Gasteiger partial charge in [0.25, 0.3) is 0 Å². The number of rotatable bonds is 4. The highest BCUT2D eigenvalue weighted by Crippen LogP contribution is 2.43. The number of fused-ring (bicyclic) bond motifs is 10. The summed E-state index contributed by atoms with van der Waals surface area (Å²) >= 11 is 0. The Morgan fingerprint density at radius 3 is 1.51 bits per heavy atom. The van der Waals surface area contributed by atoms with E-state index in [0.717, 1.165) is 33.3 Å². The Bertz CT molecular complexity index is 3140. The van der Waals surface area contributed by atoms with Crippen LogP contribution in [0, 0.1) is 0 Å². The molecule has 11 aromatic rings. The first-order chi connectivity index (χ1) is 25.3. The van der Waals surface area contributed by atoms with Crippen molar-refractivity contribution < 1.29 is 4.42 Å². The topological polar surface area (TPSA) is 23.0 Å². The van der Waals surface area contributed by atoms with Crippen molar-refractivity contribution in [3.05, 3.63) is 182 Å². The SMILES string of the molecule is c1ccc(-c2cccc(-c3cccc(-n4c5ccccc5c5c6c7ccccc7n(-c7ccc8oc9ccccc9c8c7)c6ccc54)c3)c2)cc1. The van der Waals surface area contributed by atoms with Crippen LogP contribution in [-0.2, 0) is 0 Å². The van der Waals surface area contributed by atoms with Crippen LogP contribution in [0.1, 0.15) is 0 Å². The van der Waals surface area contributed by atoms with Crippen LogP contribution in [-0.4, -0.2) is 9.13 Å². The highest BCUT2D eigenvalue weighted by Gasteiger charge is 2.21. The summed E-state index contributed by atoms with van der Waals surface area (Å²) in [6.45, 7) is 0. The molecule has 238 valence electrons. The molecule has 3 heteroatoms. The van der Waals surface area contributed by atoms with Crippen LogP contribution in [0.15, 0.2) is 186 Å². The lowest BCUT2D eigenvalue weighted by Gasteiger charge is -2.12. The number of furan rings is 1. The Balaban J connectivity index is 1.15. The fraction of sp³-hybridized carbons (Fsp3) is 0. The van der Waals surface area contributed by atoms with Gasteiger partial charge in [-0.25, -0.2) is 0 Å². The Hall–Kier alpha value is -6.84. The van der Waals surface area contributed by atoms with Crippen molar-refractivity contribution in [2.75, 3.05) is 0 Å². The van der Waals surface area contributed by atoms with E-state index < -0.39 is 0 Å². The lowest BCUT2D eigenvalue weighted by atomic mass is 9.99. The standard InChI is InChI=1S/C48H30N2O/c1-2-12-31(13-3-1)32-14-10-15-33(28-32)34-16-11-17-35(29-34)49-41-21-7-4-19-38(41)47-43(49)25-26-44-48(47)39-20-5-8-22-42(39)50(44)36-24-27-46-40(30-36)37-18-6-9-23-45(37)51-46/h1-30H. The quantitative estimate of drug-likeness (QED) is 0.186. The highest BCUT2D eigenvalue weighted by molar-refractivity contribution is 6.29. The van der Waals surface area contributed by atoms with Crippen LogP contribution in [0.3, 0.4) is 0 Å². The number of hydrogen-bond acceptors (Lipinski definition) is 1. The third-order valence-corrected chi connectivity index (χ3v) is 10.5. The molecule has 0 spiro atoms. The van der Waals surface area contributed by atoms with Crippen LogP contribution in [0.4, 0.5) is 0 Å². The zero-order chi connectivity index (χ0) is 33.5. The van der Waals surface area contributed by atoms with Crippen molar-refractivity contribution in [3.63, 3.8) is 0 Å². The summed E-state index contributed by atoms with van der Waals surface area (Å²) in [4.78, 5) is 0. The van der Waals surface area contributed by atoms with Crippen LogP contribution in [0.5, 0.6) is 0 Å². The molecule has 0 unspecified atom stereocenters. The summed E-state index contributed by atoms with van der Waals surface area (Å²) in [5.41, 5.74) is 13.7. The molecule has 8 aromatic carbocycles. The summed E-state index contributed by atoms with van der Waals surface area (Å²) in [5, 5.41) is 7.28. The Labute approximate surface area is 293 Å². The average molecular weight is 651 g/mol. The molecular formula is C48H30N2O. The fourth-order valence-corrected chi connectivity index (χ4v) is 8.26. The predicted octanol–water partition coefficient (Wildman–Crippen LogP) is 13.1.